The molecule has 2 bridgehead atoms. The highest BCUT2D eigenvalue weighted by molar-refractivity contribution is 7.98. The van der Waals surface area contributed by atoms with Crippen LogP contribution in [0, 0.1) is 38.5 Å². The summed E-state index contributed by atoms with van der Waals surface area (Å²) in [5, 5.41) is 4.97. The van der Waals surface area contributed by atoms with Gasteiger partial charge in [-0.15, -0.1) is 0 Å². The van der Waals surface area contributed by atoms with E-state index in [1.54, 1.807) is 11.8 Å². The molecule has 2 fully saturated rings. The summed E-state index contributed by atoms with van der Waals surface area (Å²) in [7, 11) is 0. The van der Waals surface area contributed by atoms with Crippen LogP contribution in [0.15, 0.2) is 9.68 Å². The van der Waals surface area contributed by atoms with Crippen molar-refractivity contribution in [2.45, 2.75) is 70.3 Å². The van der Waals surface area contributed by atoms with Gasteiger partial charge in [0.05, 0.1) is 11.4 Å². The fourth-order valence-electron chi connectivity index (χ4n) is 4.78. The summed E-state index contributed by atoms with van der Waals surface area (Å²) in [6.07, 6.45) is 5.73. The highest BCUT2D eigenvalue weighted by Gasteiger charge is 2.43. The fourth-order valence-corrected chi connectivity index (χ4v) is 5.79. The predicted molar refractivity (Wildman–Crippen MR) is 93.9 cm³/mol. The van der Waals surface area contributed by atoms with Gasteiger partial charge in [0.2, 0.25) is 5.89 Å². The number of hydrogen-bond acceptors (Lipinski definition) is 5. The molecule has 0 aliphatic heterocycles. The molecule has 2 saturated carbocycles. The van der Waals surface area contributed by atoms with E-state index >= 15 is 0 Å². The molecule has 0 saturated heterocycles. The van der Waals surface area contributed by atoms with Crippen molar-refractivity contribution in [3.05, 3.63) is 23.1 Å². The van der Waals surface area contributed by atoms with E-state index in [4.69, 9.17) is 9.51 Å². The van der Waals surface area contributed by atoms with E-state index in [0.29, 0.717) is 23.5 Å². The van der Waals surface area contributed by atoms with Gasteiger partial charge in [0.25, 0.3) is 0 Å². The number of imidazole rings is 1. The summed E-state index contributed by atoms with van der Waals surface area (Å²) in [6.45, 7) is 8.55. The van der Waals surface area contributed by atoms with Crippen LogP contribution in [0.2, 0.25) is 0 Å². The summed E-state index contributed by atoms with van der Waals surface area (Å²) in [5.41, 5.74) is 2.43. The topological polar surface area (TPSA) is 56.7 Å². The number of fused-ring (bicyclic) bond motifs is 2. The molecule has 5 nitrogen and oxygen atoms in total. The molecule has 2 aromatic heterocycles. The van der Waals surface area contributed by atoms with Gasteiger partial charge < -0.3 is 9.09 Å². The molecule has 24 heavy (non-hydrogen) atoms. The lowest BCUT2D eigenvalue weighted by Crippen LogP contribution is -2.23. The molecule has 0 aromatic carbocycles. The first kappa shape index (κ1) is 16.2. The number of aryl methyl sites for hydroxylation is 2. The highest BCUT2D eigenvalue weighted by Crippen LogP contribution is 2.52. The summed E-state index contributed by atoms with van der Waals surface area (Å²) < 4.78 is 7.71. The number of nitrogens with zero attached hydrogens (tertiary/aromatic N) is 4. The van der Waals surface area contributed by atoms with Gasteiger partial charge in [-0.3, -0.25) is 0 Å². The van der Waals surface area contributed by atoms with Crippen molar-refractivity contribution in [2.75, 3.05) is 0 Å². The Morgan fingerprint density at radius 1 is 1.21 bits per heavy atom. The Labute approximate surface area is 147 Å². The highest BCUT2D eigenvalue weighted by atomic mass is 32.2. The first-order valence-corrected chi connectivity index (χ1v) is 9.99. The lowest BCUT2D eigenvalue weighted by Gasteiger charge is -2.30. The average molecular weight is 347 g/mol. The van der Waals surface area contributed by atoms with Crippen LogP contribution < -0.4 is 0 Å². The van der Waals surface area contributed by atoms with E-state index in [0.717, 1.165) is 28.6 Å². The van der Waals surface area contributed by atoms with Crippen LogP contribution in [0.1, 0.15) is 61.8 Å². The third kappa shape index (κ3) is 2.79. The third-order valence-electron chi connectivity index (χ3n) is 6.07. The molecule has 2 aromatic rings. The van der Waals surface area contributed by atoms with Crippen molar-refractivity contribution in [3.8, 4) is 0 Å². The average Bonchev–Trinajstić information content (AvgIpc) is 3.31. The van der Waals surface area contributed by atoms with E-state index in [-0.39, 0.29) is 0 Å². The number of thioether (sulfide) groups is 1. The number of hydrogen-bond donors (Lipinski definition) is 0. The van der Waals surface area contributed by atoms with Crippen LogP contribution in [0.3, 0.4) is 0 Å². The van der Waals surface area contributed by atoms with E-state index in [1.165, 1.54) is 31.4 Å². The maximum atomic E-state index is 5.24. The second-order valence-electron chi connectivity index (χ2n) is 7.54. The zero-order chi connectivity index (χ0) is 16.8. The van der Waals surface area contributed by atoms with Crippen LogP contribution in [0.5, 0.6) is 0 Å². The smallest absolute Gasteiger partial charge is 0.237 e. The third-order valence-corrected chi connectivity index (χ3v) is 7.01. The minimum absolute atomic E-state index is 0.522. The van der Waals surface area contributed by atoms with Crippen molar-refractivity contribution in [3.63, 3.8) is 0 Å². The minimum atomic E-state index is 0.522. The van der Waals surface area contributed by atoms with Gasteiger partial charge >= 0.3 is 0 Å². The van der Waals surface area contributed by atoms with Crippen molar-refractivity contribution in [2.24, 2.45) is 17.8 Å². The molecule has 2 heterocycles. The molecule has 2 aliphatic carbocycles. The lowest BCUT2D eigenvalue weighted by molar-refractivity contribution is 0.232. The summed E-state index contributed by atoms with van der Waals surface area (Å²) in [6, 6.07) is 0.522. The van der Waals surface area contributed by atoms with Crippen molar-refractivity contribution in [1.82, 2.24) is 19.7 Å². The molecule has 4 atom stereocenters. The minimum Gasteiger partial charge on any atom is -0.338 e. The van der Waals surface area contributed by atoms with E-state index in [1.807, 2.05) is 6.92 Å². The number of rotatable bonds is 5. The van der Waals surface area contributed by atoms with Gasteiger partial charge in [-0.05, 0) is 64.7 Å². The monoisotopic (exact) mass is 346 g/mol. The van der Waals surface area contributed by atoms with Crippen molar-refractivity contribution >= 4 is 11.8 Å². The molecule has 2 aliphatic rings. The SMILES string of the molecule is Cc1noc(CSc2nc(C)c(C)n2C(C)C2CC3CCC2C3)n1. The Balaban J connectivity index is 1.55. The lowest BCUT2D eigenvalue weighted by atomic mass is 9.84. The molecular weight excluding hydrogens is 320 g/mol. The van der Waals surface area contributed by atoms with Gasteiger partial charge in [-0.2, -0.15) is 4.98 Å². The molecule has 0 amide bonds. The molecule has 4 rings (SSSR count). The zero-order valence-electron chi connectivity index (χ0n) is 15.0. The quantitative estimate of drug-likeness (QED) is 0.747. The van der Waals surface area contributed by atoms with Gasteiger partial charge in [0.15, 0.2) is 11.0 Å². The summed E-state index contributed by atoms with van der Waals surface area (Å²) in [5.74, 6) is 4.75. The Bertz CT molecular complexity index is 737. The number of aromatic nitrogens is 4. The maximum Gasteiger partial charge on any atom is 0.237 e. The van der Waals surface area contributed by atoms with E-state index < -0.39 is 0 Å². The van der Waals surface area contributed by atoms with Crippen LogP contribution in [-0.4, -0.2) is 19.7 Å². The standard InChI is InChI=1S/C18H26N4OS/c1-10-11(2)22(12(3)16-8-14-5-6-15(16)7-14)18(19-10)24-9-17-20-13(4)21-23-17/h12,14-16H,5-9H2,1-4H3. The summed E-state index contributed by atoms with van der Waals surface area (Å²) >= 11 is 1.71. The molecule has 0 spiro atoms. The van der Waals surface area contributed by atoms with E-state index in [9.17, 15) is 0 Å². The molecule has 6 heteroatoms. The fraction of sp³-hybridized carbons (Fsp3) is 0.722. The van der Waals surface area contributed by atoms with Crippen LogP contribution >= 0.6 is 11.8 Å². The molecule has 4 unspecified atom stereocenters. The molecule has 130 valence electrons. The normalized spacial score (nSPS) is 27.1. The Morgan fingerprint density at radius 3 is 2.67 bits per heavy atom. The van der Waals surface area contributed by atoms with Crippen LogP contribution in [0.4, 0.5) is 0 Å². The van der Waals surface area contributed by atoms with Crippen molar-refractivity contribution < 1.29 is 4.52 Å². The second-order valence-corrected chi connectivity index (χ2v) is 8.48. The first-order valence-electron chi connectivity index (χ1n) is 9.00. The molecule has 0 N–H and O–H groups in total. The summed E-state index contributed by atoms with van der Waals surface area (Å²) in [4.78, 5) is 9.13. The Morgan fingerprint density at radius 2 is 2.04 bits per heavy atom. The largest absolute Gasteiger partial charge is 0.338 e. The molecular formula is C18H26N4OS. The Hall–Kier alpha value is -1.30. The van der Waals surface area contributed by atoms with Gasteiger partial charge in [-0.25, -0.2) is 4.98 Å². The van der Waals surface area contributed by atoms with Crippen LogP contribution in [0.25, 0.3) is 0 Å². The van der Waals surface area contributed by atoms with Gasteiger partial charge in [-0.1, -0.05) is 23.3 Å². The van der Waals surface area contributed by atoms with E-state index in [2.05, 4.69) is 35.5 Å². The zero-order valence-corrected chi connectivity index (χ0v) is 15.8. The maximum absolute atomic E-state index is 5.24. The Kier molecular flexibility index (Phi) is 4.19. The van der Waals surface area contributed by atoms with Crippen molar-refractivity contribution in [1.29, 1.82) is 0 Å². The predicted octanol–water partition coefficient (Wildman–Crippen LogP) is 4.48. The first-order chi connectivity index (χ1) is 11.5. The van der Waals surface area contributed by atoms with Crippen LogP contribution in [-0.2, 0) is 5.75 Å². The van der Waals surface area contributed by atoms with Gasteiger partial charge in [0, 0.05) is 11.7 Å². The second kappa shape index (κ2) is 6.21. The molecule has 0 radical (unpaired) electrons. The van der Waals surface area contributed by atoms with Gasteiger partial charge in [0.1, 0.15) is 0 Å².